The molecule has 1 heterocycles. The lowest BCUT2D eigenvalue weighted by Gasteiger charge is -2.19. The molecule has 0 saturated heterocycles. The minimum absolute atomic E-state index is 0.00866. The molecule has 1 N–H and O–H groups in total. The molecule has 0 aromatic heterocycles. The van der Waals surface area contributed by atoms with Crippen LogP contribution in [0.25, 0.3) is 0 Å². The lowest BCUT2D eigenvalue weighted by molar-refractivity contribution is -0.138. The summed E-state index contributed by atoms with van der Waals surface area (Å²) >= 11 is 0. The van der Waals surface area contributed by atoms with Gasteiger partial charge in [-0.1, -0.05) is 32.1 Å². The first-order valence-electron chi connectivity index (χ1n) is 8.38. The summed E-state index contributed by atoms with van der Waals surface area (Å²) in [6.07, 6.45) is 2.90. The molecule has 7 heteroatoms. The van der Waals surface area contributed by atoms with Crippen molar-refractivity contribution >= 4 is 17.6 Å². The number of ether oxygens (including phenoxy) is 2. The Morgan fingerprint density at radius 1 is 1.42 bits per heavy atom. The monoisotopic (exact) mass is 355 g/mol. The summed E-state index contributed by atoms with van der Waals surface area (Å²) in [5.74, 6) is -0.313. The number of para-hydroxylation sites is 2. The van der Waals surface area contributed by atoms with Crippen LogP contribution in [0.5, 0.6) is 5.75 Å². The zero-order chi connectivity index (χ0) is 18.9. The highest BCUT2D eigenvalue weighted by molar-refractivity contribution is 5.99. The number of nitrogens with one attached hydrogen (secondary N) is 1. The molecule has 0 fully saturated rings. The fraction of sp³-hybridized carbons (Fsp3) is 0.316. The number of rotatable bonds is 8. The second-order valence-corrected chi connectivity index (χ2v) is 5.49. The molecule has 1 amide bonds. The number of anilines is 1. The van der Waals surface area contributed by atoms with E-state index in [9.17, 15) is 14.9 Å². The average Bonchev–Trinajstić information content (AvgIpc) is 3.02. The van der Waals surface area contributed by atoms with Crippen molar-refractivity contribution < 1.29 is 19.1 Å². The summed E-state index contributed by atoms with van der Waals surface area (Å²) < 4.78 is 10.6. The van der Waals surface area contributed by atoms with Gasteiger partial charge in [0.15, 0.2) is 11.3 Å². The molecule has 0 aliphatic carbocycles. The Kier molecular flexibility index (Phi) is 6.80. The number of unbranched alkanes of at least 4 members (excludes halogenated alkanes) is 1. The third-order valence-corrected chi connectivity index (χ3v) is 3.69. The normalized spacial score (nSPS) is 13.9. The highest BCUT2D eigenvalue weighted by Crippen LogP contribution is 2.39. The summed E-state index contributed by atoms with van der Waals surface area (Å²) in [5, 5.41) is 12.0. The molecule has 26 heavy (non-hydrogen) atoms. The molecule has 7 nitrogen and oxygen atoms in total. The Labute approximate surface area is 152 Å². The highest BCUT2D eigenvalue weighted by atomic mass is 16.5. The van der Waals surface area contributed by atoms with Gasteiger partial charge in [-0.05, 0) is 18.6 Å². The number of carbonyl (C=O) groups is 2. The van der Waals surface area contributed by atoms with Gasteiger partial charge in [-0.3, -0.25) is 4.79 Å². The van der Waals surface area contributed by atoms with E-state index in [4.69, 9.17) is 9.47 Å². The van der Waals surface area contributed by atoms with Crippen LogP contribution in [0.1, 0.15) is 19.8 Å². The fourth-order valence-electron chi connectivity index (χ4n) is 2.42. The Bertz CT molecular complexity index is 764. The van der Waals surface area contributed by atoms with Crippen LogP contribution in [-0.2, 0) is 14.3 Å². The Hall–Kier alpha value is -3.27. The van der Waals surface area contributed by atoms with Crippen LogP contribution in [0, 0.1) is 11.3 Å². The second-order valence-electron chi connectivity index (χ2n) is 5.49. The first-order chi connectivity index (χ1) is 12.6. The standard InChI is InChI=1S/C19H21N3O4/c1-3-5-11-22-15-8-6-7-9-16(15)26-19(22)14(13-20)18(24)21-10-12-25-17(23)4-2/h4,6-9H,2-3,5,10-12H2,1H3,(H,21,24)/b19-14-. The van der Waals surface area contributed by atoms with Crippen LogP contribution in [0.3, 0.4) is 0 Å². The molecule has 1 aromatic carbocycles. The molecule has 0 saturated carbocycles. The third kappa shape index (κ3) is 4.42. The molecule has 0 radical (unpaired) electrons. The quantitative estimate of drug-likeness (QED) is 0.333. The van der Waals surface area contributed by atoms with Crippen LogP contribution >= 0.6 is 0 Å². The molecule has 136 valence electrons. The van der Waals surface area contributed by atoms with Crippen LogP contribution < -0.4 is 15.0 Å². The predicted octanol–water partition coefficient (Wildman–Crippen LogP) is 2.27. The molecule has 0 bridgehead atoms. The van der Waals surface area contributed by atoms with Gasteiger partial charge in [-0.15, -0.1) is 0 Å². The number of fused-ring (bicyclic) bond motifs is 1. The fourth-order valence-corrected chi connectivity index (χ4v) is 2.42. The van der Waals surface area contributed by atoms with Crippen molar-refractivity contribution in [3.05, 3.63) is 48.4 Å². The number of carbonyl (C=O) groups excluding carboxylic acids is 2. The van der Waals surface area contributed by atoms with Gasteiger partial charge in [0.05, 0.1) is 12.2 Å². The van der Waals surface area contributed by atoms with Gasteiger partial charge in [-0.2, -0.15) is 5.26 Å². The average molecular weight is 355 g/mol. The zero-order valence-corrected chi connectivity index (χ0v) is 14.7. The number of hydrogen-bond acceptors (Lipinski definition) is 6. The van der Waals surface area contributed by atoms with E-state index < -0.39 is 11.9 Å². The van der Waals surface area contributed by atoms with Crippen molar-refractivity contribution in [2.45, 2.75) is 19.8 Å². The maximum atomic E-state index is 12.4. The number of hydrogen-bond donors (Lipinski definition) is 1. The summed E-state index contributed by atoms with van der Waals surface area (Å²) in [7, 11) is 0. The molecule has 1 aliphatic heterocycles. The van der Waals surface area contributed by atoms with E-state index in [1.807, 2.05) is 29.2 Å². The molecular formula is C19H21N3O4. The van der Waals surface area contributed by atoms with Crippen molar-refractivity contribution in [3.8, 4) is 11.8 Å². The van der Waals surface area contributed by atoms with E-state index in [1.165, 1.54) is 0 Å². The molecule has 1 aliphatic rings. The molecular weight excluding hydrogens is 334 g/mol. The van der Waals surface area contributed by atoms with Gasteiger partial charge < -0.3 is 19.7 Å². The second kappa shape index (κ2) is 9.28. The lowest BCUT2D eigenvalue weighted by Crippen LogP contribution is -2.32. The number of nitriles is 1. The molecule has 2 rings (SSSR count). The van der Waals surface area contributed by atoms with Crippen molar-refractivity contribution in [3.63, 3.8) is 0 Å². The van der Waals surface area contributed by atoms with E-state index in [0.29, 0.717) is 12.3 Å². The van der Waals surface area contributed by atoms with Gasteiger partial charge in [0, 0.05) is 12.6 Å². The summed E-state index contributed by atoms with van der Waals surface area (Å²) in [5.41, 5.74) is 0.712. The highest BCUT2D eigenvalue weighted by Gasteiger charge is 2.31. The van der Waals surface area contributed by atoms with Gasteiger partial charge in [0.1, 0.15) is 12.7 Å². The van der Waals surface area contributed by atoms with E-state index in [1.54, 1.807) is 6.07 Å². The first kappa shape index (κ1) is 19.1. The zero-order valence-electron chi connectivity index (χ0n) is 14.7. The molecule has 0 spiro atoms. The van der Waals surface area contributed by atoms with E-state index in [0.717, 1.165) is 24.6 Å². The number of amides is 1. The van der Waals surface area contributed by atoms with E-state index >= 15 is 0 Å². The predicted molar refractivity (Wildman–Crippen MR) is 96.1 cm³/mol. The van der Waals surface area contributed by atoms with Crippen LogP contribution in [0.4, 0.5) is 5.69 Å². The maximum absolute atomic E-state index is 12.4. The van der Waals surface area contributed by atoms with Gasteiger partial charge in [0.2, 0.25) is 5.88 Å². The smallest absolute Gasteiger partial charge is 0.330 e. The summed E-state index contributed by atoms with van der Waals surface area (Å²) in [4.78, 5) is 25.2. The Morgan fingerprint density at radius 2 is 2.19 bits per heavy atom. The molecule has 0 unspecified atom stereocenters. The Morgan fingerprint density at radius 3 is 2.88 bits per heavy atom. The largest absolute Gasteiger partial charge is 0.461 e. The third-order valence-electron chi connectivity index (χ3n) is 3.69. The number of benzene rings is 1. The van der Waals surface area contributed by atoms with E-state index in [2.05, 4.69) is 18.8 Å². The van der Waals surface area contributed by atoms with Crippen molar-refractivity contribution in [2.24, 2.45) is 0 Å². The maximum Gasteiger partial charge on any atom is 0.330 e. The van der Waals surface area contributed by atoms with Crippen molar-refractivity contribution in [2.75, 3.05) is 24.6 Å². The summed E-state index contributed by atoms with van der Waals surface area (Å²) in [6.45, 7) is 6.06. The summed E-state index contributed by atoms with van der Waals surface area (Å²) in [6, 6.07) is 9.32. The van der Waals surface area contributed by atoms with E-state index in [-0.39, 0.29) is 24.6 Å². The number of nitrogens with zero attached hydrogens (tertiary/aromatic N) is 2. The van der Waals surface area contributed by atoms with Gasteiger partial charge in [-0.25, -0.2) is 4.79 Å². The van der Waals surface area contributed by atoms with Gasteiger partial charge >= 0.3 is 5.97 Å². The lowest BCUT2D eigenvalue weighted by atomic mass is 10.2. The van der Waals surface area contributed by atoms with Crippen molar-refractivity contribution in [1.82, 2.24) is 5.32 Å². The van der Waals surface area contributed by atoms with Crippen LogP contribution in [0.2, 0.25) is 0 Å². The first-order valence-corrected chi connectivity index (χ1v) is 8.38. The molecule has 0 atom stereocenters. The van der Waals surface area contributed by atoms with Crippen molar-refractivity contribution in [1.29, 1.82) is 5.26 Å². The molecule has 1 aromatic rings. The van der Waals surface area contributed by atoms with Crippen LogP contribution in [0.15, 0.2) is 48.4 Å². The topological polar surface area (TPSA) is 91.7 Å². The Balaban J connectivity index is 2.15. The number of esters is 1. The van der Waals surface area contributed by atoms with Crippen LogP contribution in [-0.4, -0.2) is 31.6 Å². The minimum atomic E-state index is -0.577. The SMILES string of the molecule is C=CC(=O)OCCNC(=O)/C(C#N)=C1\Oc2ccccc2N1CCCC. The minimum Gasteiger partial charge on any atom is -0.461 e. The van der Waals surface area contributed by atoms with Gasteiger partial charge in [0.25, 0.3) is 5.91 Å².